The van der Waals surface area contributed by atoms with E-state index in [1.165, 1.54) is 22.0 Å². The molecule has 0 saturated carbocycles. The van der Waals surface area contributed by atoms with Crippen molar-refractivity contribution in [1.82, 2.24) is 4.90 Å². The second-order valence-corrected chi connectivity index (χ2v) is 8.64. The van der Waals surface area contributed by atoms with Crippen LogP contribution in [0.25, 0.3) is 0 Å². The predicted octanol–water partition coefficient (Wildman–Crippen LogP) is 4.62. The van der Waals surface area contributed by atoms with E-state index in [0.717, 1.165) is 19.6 Å². The highest BCUT2D eigenvalue weighted by atomic mass is 31.0. The molecule has 0 aliphatic rings. The zero-order valence-corrected chi connectivity index (χ0v) is 16.5. The van der Waals surface area contributed by atoms with Gasteiger partial charge in [0.15, 0.2) is 0 Å². The molecule has 1 nitrogen and oxygen atoms in total. The van der Waals surface area contributed by atoms with Gasteiger partial charge in [0.2, 0.25) is 0 Å². The fourth-order valence-corrected chi connectivity index (χ4v) is 3.28. The summed E-state index contributed by atoms with van der Waals surface area (Å²) in [7, 11) is 3.00. The first-order valence-corrected chi connectivity index (χ1v) is 8.74. The average molecular weight is 307 g/mol. The Labute approximate surface area is 134 Å². The molecule has 1 aromatic carbocycles. The average Bonchev–Trinajstić information content (AvgIpc) is 2.34. The van der Waals surface area contributed by atoms with Gasteiger partial charge < -0.3 is 0 Å². The van der Waals surface area contributed by atoms with Crippen LogP contribution >= 0.6 is 9.24 Å². The van der Waals surface area contributed by atoms with Crippen LogP contribution < -0.4 is 5.30 Å². The number of hydrogen-bond acceptors (Lipinski definition) is 1. The van der Waals surface area contributed by atoms with Crippen molar-refractivity contribution in [3.8, 4) is 0 Å². The van der Waals surface area contributed by atoms with E-state index in [-0.39, 0.29) is 10.8 Å². The summed E-state index contributed by atoms with van der Waals surface area (Å²) in [6.07, 6.45) is 0. The van der Waals surface area contributed by atoms with Crippen LogP contribution in [0.15, 0.2) is 12.1 Å². The maximum atomic E-state index is 3.00. The van der Waals surface area contributed by atoms with Crippen LogP contribution in [-0.2, 0) is 17.4 Å². The molecule has 0 aliphatic heterocycles. The first-order chi connectivity index (χ1) is 9.50. The SMILES string of the molecule is CCN(CC)Cc1cc(C(C)(C)C)cc(C(C)(C)C)c1P. The molecule has 0 bridgehead atoms. The maximum Gasteiger partial charge on any atom is 0.0239 e. The molecule has 0 heterocycles. The second-order valence-electron chi connectivity index (χ2n) is 8.06. The Kier molecular flexibility index (Phi) is 6.04. The van der Waals surface area contributed by atoms with E-state index in [9.17, 15) is 0 Å². The molecule has 0 aliphatic carbocycles. The number of hydrogen-bond donors (Lipinski definition) is 0. The van der Waals surface area contributed by atoms with Crippen molar-refractivity contribution in [2.45, 2.75) is 72.8 Å². The number of rotatable bonds is 4. The molecule has 0 radical (unpaired) electrons. The largest absolute Gasteiger partial charge is 0.300 e. The Morgan fingerprint density at radius 1 is 0.905 bits per heavy atom. The lowest BCUT2D eigenvalue weighted by atomic mass is 9.79. The highest BCUT2D eigenvalue weighted by Gasteiger charge is 2.23. The fourth-order valence-electron chi connectivity index (χ4n) is 2.59. The third-order valence-corrected chi connectivity index (χ3v) is 4.91. The molecule has 1 unspecified atom stereocenters. The topological polar surface area (TPSA) is 3.24 Å². The van der Waals surface area contributed by atoms with E-state index in [4.69, 9.17) is 0 Å². The van der Waals surface area contributed by atoms with Crippen LogP contribution in [0.3, 0.4) is 0 Å². The third kappa shape index (κ3) is 4.80. The lowest BCUT2D eigenvalue weighted by Crippen LogP contribution is -2.29. The summed E-state index contributed by atoms with van der Waals surface area (Å²) < 4.78 is 0. The summed E-state index contributed by atoms with van der Waals surface area (Å²) in [5.74, 6) is 0. The molecule has 0 N–H and O–H groups in total. The Morgan fingerprint density at radius 3 is 1.81 bits per heavy atom. The molecule has 0 fully saturated rings. The van der Waals surface area contributed by atoms with Crippen molar-refractivity contribution in [1.29, 1.82) is 0 Å². The predicted molar refractivity (Wildman–Crippen MR) is 99.8 cm³/mol. The van der Waals surface area contributed by atoms with Gasteiger partial charge in [-0.3, -0.25) is 4.90 Å². The Bertz CT molecular complexity index is 474. The summed E-state index contributed by atoms with van der Waals surface area (Å²) in [5, 5.41) is 1.39. The molecule has 2 heteroatoms. The molecule has 0 spiro atoms. The zero-order valence-electron chi connectivity index (χ0n) is 15.3. The van der Waals surface area contributed by atoms with E-state index >= 15 is 0 Å². The summed E-state index contributed by atoms with van der Waals surface area (Å²) in [6, 6.07) is 4.82. The summed E-state index contributed by atoms with van der Waals surface area (Å²) >= 11 is 0. The minimum Gasteiger partial charge on any atom is -0.300 e. The fraction of sp³-hybridized carbons (Fsp3) is 0.684. The van der Waals surface area contributed by atoms with Crippen molar-refractivity contribution in [3.05, 3.63) is 28.8 Å². The van der Waals surface area contributed by atoms with Crippen LogP contribution in [0.4, 0.5) is 0 Å². The van der Waals surface area contributed by atoms with Crippen molar-refractivity contribution < 1.29 is 0 Å². The van der Waals surface area contributed by atoms with Gasteiger partial charge in [0, 0.05) is 6.54 Å². The summed E-state index contributed by atoms with van der Waals surface area (Å²) in [6.45, 7) is 21.6. The normalized spacial score (nSPS) is 13.0. The summed E-state index contributed by atoms with van der Waals surface area (Å²) in [5.41, 5.74) is 4.73. The molecule has 1 rings (SSSR count). The molecule has 0 amide bonds. The second kappa shape index (κ2) is 6.80. The van der Waals surface area contributed by atoms with Gasteiger partial charge in [-0.2, -0.15) is 0 Å². The maximum absolute atomic E-state index is 3.00. The van der Waals surface area contributed by atoms with Crippen molar-refractivity contribution >= 4 is 14.5 Å². The minimum absolute atomic E-state index is 0.177. The molecule has 1 atom stereocenters. The molecule has 0 aromatic heterocycles. The molecular weight excluding hydrogens is 273 g/mol. The van der Waals surface area contributed by atoms with Gasteiger partial charge in [0.1, 0.15) is 0 Å². The highest BCUT2D eigenvalue weighted by molar-refractivity contribution is 7.27. The lowest BCUT2D eigenvalue weighted by molar-refractivity contribution is 0.296. The van der Waals surface area contributed by atoms with Crippen LogP contribution in [0, 0.1) is 0 Å². The van der Waals surface area contributed by atoms with Gasteiger partial charge in [0.25, 0.3) is 0 Å². The smallest absolute Gasteiger partial charge is 0.0239 e. The van der Waals surface area contributed by atoms with Gasteiger partial charge >= 0.3 is 0 Å². The van der Waals surface area contributed by atoms with Gasteiger partial charge in [-0.15, -0.1) is 9.24 Å². The molecular formula is C19H34NP. The quantitative estimate of drug-likeness (QED) is 0.733. The Morgan fingerprint density at radius 2 is 1.43 bits per heavy atom. The Balaban J connectivity index is 3.42. The number of nitrogens with zero attached hydrogens (tertiary/aromatic N) is 1. The lowest BCUT2D eigenvalue weighted by Gasteiger charge is -2.30. The van der Waals surface area contributed by atoms with Crippen molar-refractivity contribution in [3.63, 3.8) is 0 Å². The van der Waals surface area contributed by atoms with E-state index in [0.29, 0.717) is 0 Å². The van der Waals surface area contributed by atoms with Crippen molar-refractivity contribution in [2.24, 2.45) is 0 Å². The van der Waals surface area contributed by atoms with Gasteiger partial charge in [-0.25, -0.2) is 0 Å². The molecule has 21 heavy (non-hydrogen) atoms. The first-order valence-electron chi connectivity index (χ1n) is 8.16. The van der Waals surface area contributed by atoms with Crippen LogP contribution in [0.2, 0.25) is 0 Å². The van der Waals surface area contributed by atoms with Gasteiger partial charge in [0.05, 0.1) is 0 Å². The molecule has 120 valence electrons. The molecule has 1 aromatic rings. The van der Waals surface area contributed by atoms with E-state index in [1.54, 1.807) is 0 Å². The van der Waals surface area contributed by atoms with E-state index in [2.05, 4.69) is 81.7 Å². The van der Waals surface area contributed by atoms with Crippen LogP contribution in [0.5, 0.6) is 0 Å². The monoisotopic (exact) mass is 307 g/mol. The zero-order chi connectivity index (χ0) is 16.4. The number of benzene rings is 1. The van der Waals surface area contributed by atoms with Crippen molar-refractivity contribution in [2.75, 3.05) is 13.1 Å². The Hall–Kier alpha value is -0.390. The van der Waals surface area contributed by atoms with E-state index in [1.807, 2.05) is 0 Å². The van der Waals surface area contributed by atoms with Gasteiger partial charge in [-0.1, -0.05) is 67.5 Å². The molecule has 0 saturated heterocycles. The van der Waals surface area contributed by atoms with E-state index < -0.39 is 0 Å². The summed E-state index contributed by atoms with van der Waals surface area (Å²) in [4.78, 5) is 2.49. The van der Waals surface area contributed by atoms with Crippen LogP contribution in [-0.4, -0.2) is 18.0 Å². The standard InChI is InChI=1S/C19H34NP/c1-9-20(10-2)13-14-11-15(18(3,4)5)12-16(17(14)21)19(6,7)8/h11-12H,9-10,13,21H2,1-8H3. The van der Waals surface area contributed by atoms with Gasteiger partial charge in [-0.05, 0) is 45.9 Å². The minimum atomic E-state index is 0.177. The van der Waals surface area contributed by atoms with Crippen LogP contribution in [0.1, 0.15) is 72.1 Å². The third-order valence-electron chi connectivity index (χ3n) is 4.23. The first kappa shape index (κ1) is 18.7. The highest BCUT2D eigenvalue weighted by Crippen LogP contribution is 2.30.